The Bertz CT molecular complexity index is 1770. The maximum atomic E-state index is 13.3. The summed E-state index contributed by atoms with van der Waals surface area (Å²) in [5.74, 6) is -1.36. The van der Waals surface area contributed by atoms with E-state index in [0.717, 1.165) is 16.3 Å². The predicted octanol–water partition coefficient (Wildman–Crippen LogP) is 7.08. The summed E-state index contributed by atoms with van der Waals surface area (Å²) < 4.78 is 37.0. The van der Waals surface area contributed by atoms with Gasteiger partial charge in [0.15, 0.2) is 9.84 Å². The molecule has 9 nitrogen and oxygen atoms in total. The van der Waals surface area contributed by atoms with E-state index in [1.807, 2.05) is 5.38 Å². The molecule has 1 atom stereocenters. The minimum absolute atomic E-state index is 0.0355. The molecule has 0 aliphatic carbocycles. The lowest BCUT2D eigenvalue weighted by Crippen LogP contribution is -2.58. The van der Waals surface area contributed by atoms with E-state index in [2.05, 4.69) is 31.1 Å². The monoisotopic (exact) mass is 684 g/mol. The van der Waals surface area contributed by atoms with Crippen molar-refractivity contribution in [1.29, 1.82) is 0 Å². The van der Waals surface area contributed by atoms with Crippen LogP contribution < -0.4 is 14.8 Å². The standard InChI is InChI=1S/C34H37ClN2O7S2/c1-5-34(32(39)40,37-31(38)24-9-6-10-27(20-24)43-21-30-36-29(22-45-30)33(2,3)4)44-26-15-11-23(12-16-26)8-7-19-46(41,42)28-17-13-25(35)14-18-28/h6,9-18,20,22H,5,7-8,19,21H2,1-4H3,(H,37,38)(H,39,40). The summed E-state index contributed by atoms with van der Waals surface area (Å²) in [6.45, 7) is 8.10. The third-order valence-electron chi connectivity index (χ3n) is 7.20. The van der Waals surface area contributed by atoms with Gasteiger partial charge in [-0.15, -0.1) is 11.3 Å². The molecule has 1 unspecified atom stereocenters. The van der Waals surface area contributed by atoms with E-state index in [-0.39, 0.29) is 40.4 Å². The Morgan fingerprint density at radius 3 is 2.30 bits per heavy atom. The number of nitrogens with one attached hydrogen (secondary N) is 1. The summed E-state index contributed by atoms with van der Waals surface area (Å²) in [4.78, 5) is 30.5. The first-order valence-electron chi connectivity index (χ1n) is 14.7. The van der Waals surface area contributed by atoms with Gasteiger partial charge in [0.1, 0.15) is 23.1 Å². The summed E-state index contributed by atoms with van der Waals surface area (Å²) in [5.41, 5.74) is -0.0734. The number of aryl methyl sites for hydroxylation is 1. The fourth-order valence-electron chi connectivity index (χ4n) is 4.44. The summed E-state index contributed by atoms with van der Waals surface area (Å²) in [5, 5.41) is 15.9. The van der Waals surface area contributed by atoms with E-state index in [4.69, 9.17) is 21.1 Å². The van der Waals surface area contributed by atoms with Crippen molar-refractivity contribution in [3.8, 4) is 11.5 Å². The van der Waals surface area contributed by atoms with Crippen LogP contribution in [0.5, 0.6) is 11.5 Å². The number of carboxylic acid groups (broad SMARTS) is 1. The third kappa shape index (κ3) is 9.08. The maximum Gasteiger partial charge on any atom is 0.370 e. The molecule has 1 amide bonds. The second-order valence-corrected chi connectivity index (χ2v) is 15.2. The summed E-state index contributed by atoms with van der Waals surface area (Å²) in [6, 6.07) is 19.2. The molecule has 1 aromatic heterocycles. The number of nitrogens with zero attached hydrogens (tertiary/aromatic N) is 1. The molecule has 0 radical (unpaired) electrons. The van der Waals surface area contributed by atoms with E-state index in [9.17, 15) is 23.1 Å². The van der Waals surface area contributed by atoms with Crippen molar-refractivity contribution in [3.05, 3.63) is 105 Å². The van der Waals surface area contributed by atoms with E-state index < -0.39 is 27.4 Å². The first-order chi connectivity index (χ1) is 21.7. The van der Waals surface area contributed by atoms with E-state index >= 15 is 0 Å². The maximum absolute atomic E-state index is 13.3. The molecule has 0 aliphatic rings. The molecular formula is C34H37ClN2O7S2. The first-order valence-corrected chi connectivity index (χ1v) is 17.6. The molecule has 12 heteroatoms. The predicted molar refractivity (Wildman–Crippen MR) is 179 cm³/mol. The Hall–Kier alpha value is -3.93. The van der Waals surface area contributed by atoms with Gasteiger partial charge in [0.05, 0.1) is 16.3 Å². The Labute approximate surface area is 278 Å². The number of thiazole rings is 1. The van der Waals surface area contributed by atoms with Crippen molar-refractivity contribution in [2.75, 3.05) is 5.75 Å². The number of halogens is 1. The molecule has 46 heavy (non-hydrogen) atoms. The van der Waals surface area contributed by atoms with Crippen LogP contribution in [0.1, 0.15) is 67.2 Å². The molecule has 0 saturated heterocycles. The highest BCUT2D eigenvalue weighted by Gasteiger charge is 2.41. The van der Waals surface area contributed by atoms with Crippen LogP contribution in [0.2, 0.25) is 5.02 Å². The Kier molecular flexibility index (Phi) is 11.1. The summed E-state index contributed by atoms with van der Waals surface area (Å²) >= 11 is 7.36. The molecule has 4 rings (SSSR count). The molecule has 2 N–H and O–H groups in total. The first kappa shape index (κ1) is 34.9. The van der Waals surface area contributed by atoms with Crippen molar-refractivity contribution in [2.24, 2.45) is 0 Å². The van der Waals surface area contributed by atoms with Gasteiger partial charge in [-0.2, -0.15) is 0 Å². The molecule has 0 saturated carbocycles. The number of hydrogen-bond donors (Lipinski definition) is 2. The smallest absolute Gasteiger partial charge is 0.370 e. The quantitative estimate of drug-likeness (QED) is 0.135. The fraction of sp³-hybridized carbons (Fsp3) is 0.324. The Balaban J connectivity index is 1.37. The van der Waals surface area contributed by atoms with Crippen LogP contribution in [-0.2, 0) is 33.1 Å². The lowest BCUT2D eigenvalue weighted by molar-refractivity contribution is -0.158. The number of hydrogen-bond acceptors (Lipinski definition) is 8. The molecule has 3 aromatic carbocycles. The van der Waals surface area contributed by atoms with Crippen LogP contribution in [0.25, 0.3) is 0 Å². The third-order valence-corrected chi connectivity index (χ3v) is 10.1. The molecule has 0 aliphatic heterocycles. The highest BCUT2D eigenvalue weighted by molar-refractivity contribution is 7.91. The second kappa shape index (κ2) is 14.7. The minimum atomic E-state index is -3.45. The van der Waals surface area contributed by atoms with Crippen LogP contribution >= 0.6 is 22.9 Å². The number of aromatic nitrogens is 1. The van der Waals surface area contributed by atoms with Gasteiger partial charge in [-0.25, -0.2) is 18.2 Å². The molecule has 0 spiro atoms. The fourth-order valence-corrected chi connectivity index (χ4v) is 6.80. The highest BCUT2D eigenvalue weighted by Crippen LogP contribution is 2.26. The van der Waals surface area contributed by atoms with Gasteiger partial charge in [-0.1, -0.05) is 57.5 Å². The Morgan fingerprint density at radius 1 is 1.00 bits per heavy atom. The van der Waals surface area contributed by atoms with E-state index in [0.29, 0.717) is 23.6 Å². The number of ether oxygens (including phenoxy) is 2. The second-order valence-electron chi connectivity index (χ2n) is 11.8. The Morgan fingerprint density at radius 2 is 1.70 bits per heavy atom. The SMILES string of the molecule is CCC(NC(=O)c1cccc(OCc2nc(C(C)(C)C)cs2)c1)(Oc1ccc(CCCS(=O)(=O)c2ccc(Cl)cc2)cc1)C(=O)O. The van der Waals surface area contributed by atoms with Gasteiger partial charge in [-0.05, 0) is 73.0 Å². The number of carbonyl (C=O) groups excluding carboxylic acids is 1. The number of benzene rings is 3. The topological polar surface area (TPSA) is 132 Å². The van der Waals surface area contributed by atoms with Crippen LogP contribution in [0.15, 0.2) is 83.1 Å². The lowest BCUT2D eigenvalue weighted by atomic mass is 9.93. The van der Waals surface area contributed by atoms with E-state index in [1.165, 1.54) is 29.5 Å². The van der Waals surface area contributed by atoms with Crippen LogP contribution in [0.4, 0.5) is 0 Å². The summed E-state index contributed by atoms with van der Waals surface area (Å²) in [7, 11) is -3.45. The number of carbonyl (C=O) groups is 2. The van der Waals surface area contributed by atoms with Crippen LogP contribution in [-0.4, -0.2) is 41.9 Å². The lowest BCUT2D eigenvalue weighted by Gasteiger charge is -2.30. The van der Waals surface area contributed by atoms with Crippen molar-refractivity contribution < 1.29 is 32.6 Å². The number of rotatable bonds is 14. The molecule has 0 fully saturated rings. The van der Waals surface area contributed by atoms with Gasteiger partial charge < -0.3 is 19.9 Å². The largest absolute Gasteiger partial charge is 0.486 e. The molecule has 0 bridgehead atoms. The molecule has 244 valence electrons. The zero-order valence-corrected chi connectivity index (χ0v) is 28.5. The van der Waals surface area contributed by atoms with Crippen molar-refractivity contribution >= 4 is 44.7 Å². The van der Waals surface area contributed by atoms with Crippen LogP contribution in [0, 0.1) is 0 Å². The molecule has 1 heterocycles. The van der Waals surface area contributed by atoms with E-state index in [1.54, 1.807) is 61.5 Å². The van der Waals surface area contributed by atoms with Gasteiger partial charge in [0.2, 0.25) is 0 Å². The van der Waals surface area contributed by atoms with Gasteiger partial charge in [0, 0.05) is 27.8 Å². The number of aliphatic carboxylic acids is 1. The van der Waals surface area contributed by atoms with Gasteiger partial charge in [-0.3, -0.25) is 4.79 Å². The number of amides is 1. The molecule has 4 aromatic rings. The average Bonchev–Trinajstić information content (AvgIpc) is 3.51. The average molecular weight is 685 g/mol. The van der Waals surface area contributed by atoms with Crippen molar-refractivity contribution in [1.82, 2.24) is 10.3 Å². The van der Waals surface area contributed by atoms with Gasteiger partial charge >= 0.3 is 5.97 Å². The van der Waals surface area contributed by atoms with Crippen LogP contribution in [0.3, 0.4) is 0 Å². The number of carboxylic acids is 1. The minimum Gasteiger partial charge on any atom is -0.486 e. The summed E-state index contributed by atoms with van der Waals surface area (Å²) in [6.07, 6.45) is 0.814. The zero-order valence-electron chi connectivity index (χ0n) is 26.1. The number of sulfone groups is 1. The van der Waals surface area contributed by atoms with Crippen molar-refractivity contribution in [2.45, 2.75) is 69.6 Å². The molecular weight excluding hydrogens is 648 g/mol. The normalized spacial score (nSPS) is 13.1. The van der Waals surface area contributed by atoms with Crippen molar-refractivity contribution in [3.63, 3.8) is 0 Å². The zero-order chi connectivity index (χ0) is 33.5. The van der Waals surface area contributed by atoms with Gasteiger partial charge in [0.25, 0.3) is 11.6 Å². The highest BCUT2D eigenvalue weighted by atomic mass is 35.5.